The van der Waals surface area contributed by atoms with E-state index in [-0.39, 0.29) is 24.8 Å². The molecule has 1 aliphatic rings. The number of hydrogen-bond acceptors (Lipinski definition) is 6. The molecule has 0 aromatic heterocycles. The first-order chi connectivity index (χ1) is 11.0. The third-order valence-electron chi connectivity index (χ3n) is 2.93. The SMILES string of the molecule is COCOC(=O)C1=NC(c2cc(F)cc(F)c2)C=C(COC)N1. The van der Waals surface area contributed by atoms with Crippen LogP contribution in [-0.4, -0.2) is 39.4 Å². The summed E-state index contributed by atoms with van der Waals surface area (Å²) in [5.41, 5.74) is 0.802. The van der Waals surface area contributed by atoms with E-state index >= 15 is 0 Å². The number of esters is 1. The van der Waals surface area contributed by atoms with E-state index in [0.717, 1.165) is 18.2 Å². The monoisotopic (exact) mass is 326 g/mol. The zero-order chi connectivity index (χ0) is 16.8. The lowest BCUT2D eigenvalue weighted by molar-refractivity contribution is -0.145. The van der Waals surface area contributed by atoms with Gasteiger partial charge in [0.2, 0.25) is 5.84 Å². The second kappa shape index (κ2) is 7.80. The highest BCUT2D eigenvalue weighted by molar-refractivity contribution is 6.36. The van der Waals surface area contributed by atoms with E-state index in [1.165, 1.54) is 14.2 Å². The van der Waals surface area contributed by atoms with Crippen LogP contribution >= 0.6 is 0 Å². The minimum Gasteiger partial charge on any atom is -0.433 e. The van der Waals surface area contributed by atoms with Crippen molar-refractivity contribution in [2.24, 2.45) is 4.99 Å². The quantitative estimate of drug-likeness (QED) is 0.636. The number of halogens is 2. The van der Waals surface area contributed by atoms with Crippen LogP contribution in [0.1, 0.15) is 11.6 Å². The fourth-order valence-electron chi connectivity index (χ4n) is 2.03. The Morgan fingerprint density at radius 3 is 2.52 bits per heavy atom. The maximum atomic E-state index is 13.4. The molecular weight excluding hydrogens is 310 g/mol. The first-order valence-corrected chi connectivity index (χ1v) is 6.70. The summed E-state index contributed by atoms with van der Waals surface area (Å²) in [7, 11) is 2.85. The number of aliphatic imine (C=N–C) groups is 1. The van der Waals surface area contributed by atoms with Crippen molar-refractivity contribution in [1.29, 1.82) is 0 Å². The molecule has 124 valence electrons. The summed E-state index contributed by atoms with van der Waals surface area (Å²) in [5.74, 6) is -2.28. The van der Waals surface area contributed by atoms with Crippen molar-refractivity contribution in [2.75, 3.05) is 27.6 Å². The van der Waals surface area contributed by atoms with E-state index in [4.69, 9.17) is 9.47 Å². The molecule has 1 aliphatic heterocycles. The summed E-state index contributed by atoms with van der Waals surface area (Å²) in [6, 6.07) is 2.34. The largest absolute Gasteiger partial charge is 0.433 e. The lowest BCUT2D eigenvalue weighted by Crippen LogP contribution is -2.37. The second-order valence-electron chi connectivity index (χ2n) is 4.71. The molecule has 6 nitrogen and oxygen atoms in total. The summed E-state index contributed by atoms with van der Waals surface area (Å²) in [5, 5.41) is 2.76. The van der Waals surface area contributed by atoms with Gasteiger partial charge in [-0.1, -0.05) is 0 Å². The van der Waals surface area contributed by atoms with Crippen LogP contribution in [0.2, 0.25) is 0 Å². The van der Waals surface area contributed by atoms with E-state index in [9.17, 15) is 13.6 Å². The van der Waals surface area contributed by atoms with E-state index in [0.29, 0.717) is 5.70 Å². The summed E-state index contributed by atoms with van der Waals surface area (Å²) in [6.07, 6.45) is 1.62. The Morgan fingerprint density at radius 1 is 1.22 bits per heavy atom. The molecule has 0 spiro atoms. The highest BCUT2D eigenvalue weighted by atomic mass is 19.1. The molecule has 0 fully saturated rings. The average molecular weight is 326 g/mol. The third-order valence-corrected chi connectivity index (χ3v) is 2.93. The molecule has 0 saturated carbocycles. The number of nitrogens with zero attached hydrogens (tertiary/aromatic N) is 1. The van der Waals surface area contributed by atoms with Crippen molar-refractivity contribution in [3.8, 4) is 0 Å². The van der Waals surface area contributed by atoms with E-state index in [2.05, 4.69) is 15.0 Å². The minimum absolute atomic E-state index is 0.0914. The number of hydrogen-bond donors (Lipinski definition) is 1. The average Bonchev–Trinajstić information content (AvgIpc) is 2.51. The summed E-state index contributed by atoms with van der Waals surface area (Å²) in [6.45, 7) is -0.0625. The highest BCUT2D eigenvalue weighted by Crippen LogP contribution is 2.25. The third kappa shape index (κ3) is 4.57. The molecule has 1 N–H and O–H groups in total. The fourth-order valence-corrected chi connectivity index (χ4v) is 2.03. The number of rotatable bonds is 6. The molecule has 1 atom stereocenters. The van der Waals surface area contributed by atoms with Crippen LogP contribution in [0.5, 0.6) is 0 Å². The minimum atomic E-state index is -0.740. The van der Waals surface area contributed by atoms with E-state index in [1.807, 2.05) is 0 Å². The van der Waals surface area contributed by atoms with Gasteiger partial charge in [0.05, 0.1) is 12.6 Å². The van der Waals surface area contributed by atoms with Crippen LogP contribution in [-0.2, 0) is 19.0 Å². The Morgan fingerprint density at radius 2 is 1.91 bits per heavy atom. The van der Waals surface area contributed by atoms with Crippen LogP contribution in [0.15, 0.2) is 35.0 Å². The van der Waals surface area contributed by atoms with Crippen molar-refractivity contribution in [3.63, 3.8) is 0 Å². The van der Waals surface area contributed by atoms with Crippen molar-refractivity contribution in [1.82, 2.24) is 5.32 Å². The number of carbonyl (C=O) groups is 1. The predicted molar refractivity (Wildman–Crippen MR) is 77.6 cm³/mol. The van der Waals surface area contributed by atoms with Gasteiger partial charge in [-0.3, -0.25) is 0 Å². The van der Waals surface area contributed by atoms with Crippen molar-refractivity contribution in [2.45, 2.75) is 6.04 Å². The van der Waals surface area contributed by atoms with Gasteiger partial charge in [0.1, 0.15) is 11.6 Å². The van der Waals surface area contributed by atoms with Crippen LogP contribution < -0.4 is 5.32 Å². The van der Waals surface area contributed by atoms with E-state index < -0.39 is 23.6 Å². The number of ether oxygens (including phenoxy) is 3. The van der Waals surface area contributed by atoms with Gasteiger partial charge in [-0.05, 0) is 23.8 Å². The lowest BCUT2D eigenvalue weighted by Gasteiger charge is -2.21. The molecule has 23 heavy (non-hydrogen) atoms. The topological polar surface area (TPSA) is 69.2 Å². The molecule has 1 heterocycles. The standard InChI is InChI=1S/C15H16F2N2O4/c1-21-7-12-6-13(9-3-10(16)5-11(17)4-9)19-14(18-12)15(20)23-8-22-2/h3-6,13H,7-8H2,1-2H3,(H,18,19). The van der Waals surface area contributed by atoms with Gasteiger partial charge in [-0.25, -0.2) is 18.6 Å². The molecule has 0 aliphatic carbocycles. The van der Waals surface area contributed by atoms with Crippen LogP contribution in [0.3, 0.4) is 0 Å². The Hall–Kier alpha value is -2.32. The second-order valence-corrected chi connectivity index (χ2v) is 4.71. The zero-order valence-corrected chi connectivity index (χ0v) is 12.6. The molecule has 0 amide bonds. The number of benzene rings is 1. The Bertz CT molecular complexity index is 626. The van der Waals surface area contributed by atoms with Crippen molar-refractivity contribution in [3.05, 3.63) is 47.2 Å². The Kier molecular flexibility index (Phi) is 5.78. The van der Waals surface area contributed by atoms with Gasteiger partial charge < -0.3 is 19.5 Å². The Labute approximate surface area is 131 Å². The molecule has 0 saturated heterocycles. The number of nitrogens with one attached hydrogen (secondary N) is 1. The summed E-state index contributed by atoms with van der Waals surface area (Å²) < 4.78 is 41.3. The molecule has 2 rings (SSSR count). The summed E-state index contributed by atoms with van der Waals surface area (Å²) >= 11 is 0. The number of methoxy groups -OCH3 is 2. The predicted octanol–water partition coefficient (Wildman–Crippen LogP) is 1.69. The number of amidine groups is 1. The maximum Gasteiger partial charge on any atom is 0.376 e. The van der Waals surface area contributed by atoms with E-state index in [1.54, 1.807) is 6.08 Å². The van der Waals surface area contributed by atoms with Crippen LogP contribution in [0.25, 0.3) is 0 Å². The first kappa shape index (κ1) is 17.0. The van der Waals surface area contributed by atoms with Gasteiger partial charge in [0, 0.05) is 26.0 Å². The van der Waals surface area contributed by atoms with Crippen molar-refractivity contribution >= 4 is 11.8 Å². The van der Waals surface area contributed by atoms with Gasteiger partial charge >= 0.3 is 5.97 Å². The maximum absolute atomic E-state index is 13.4. The van der Waals surface area contributed by atoms with Gasteiger partial charge in [-0.15, -0.1) is 0 Å². The molecule has 1 unspecified atom stereocenters. The van der Waals surface area contributed by atoms with Gasteiger partial charge in [0.15, 0.2) is 6.79 Å². The molecule has 8 heteroatoms. The fraction of sp³-hybridized carbons (Fsp3) is 0.333. The summed E-state index contributed by atoms with van der Waals surface area (Å²) in [4.78, 5) is 16.0. The molecule has 1 aromatic rings. The number of carbonyl (C=O) groups excluding carboxylic acids is 1. The zero-order valence-electron chi connectivity index (χ0n) is 12.6. The van der Waals surface area contributed by atoms with Crippen molar-refractivity contribution < 1.29 is 27.8 Å². The lowest BCUT2D eigenvalue weighted by atomic mass is 10.0. The molecule has 0 bridgehead atoms. The van der Waals surface area contributed by atoms with Crippen LogP contribution in [0.4, 0.5) is 8.78 Å². The normalized spacial score (nSPS) is 17.1. The first-order valence-electron chi connectivity index (χ1n) is 6.70. The van der Waals surface area contributed by atoms with Gasteiger partial charge in [-0.2, -0.15) is 0 Å². The molecule has 1 aromatic carbocycles. The van der Waals surface area contributed by atoms with Crippen LogP contribution in [0, 0.1) is 11.6 Å². The van der Waals surface area contributed by atoms with Gasteiger partial charge in [0.25, 0.3) is 0 Å². The molecular formula is C15H16F2N2O4. The highest BCUT2D eigenvalue weighted by Gasteiger charge is 2.23. The molecule has 0 radical (unpaired) electrons. The Balaban J connectivity index is 2.31. The smallest absolute Gasteiger partial charge is 0.376 e.